The van der Waals surface area contributed by atoms with Crippen LogP contribution in [0.3, 0.4) is 0 Å². The average Bonchev–Trinajstić information content (AvgIpc) is 2.91. The smallest absolute Gasteiger partial charge is 0.262 e. The summed E-state index contributed by atoms with van der Waals surface area (Å²) in [5.41, 5.74) is 2.41. The van der Waals surface area contributed by atoms with E-state index in [1.165, 1.54) is 19.8 Å². The summed E-state index contributed by atoms with van der Waals surface area (Å²) in [7, 11) is 3.05. The predicted octanol–water partition coefficient (Wildman–Crippen LogP) is 6.60. The molecule has 1 N–H and O–H groups in total. The molecule has 0 bridgehead atoms. The van der Waals surface area contributed by atoms with Crippen LogP contribution in [0.15, 0.2) is 74.3 Å². The van der Waals surface area contributed by atoms with E-state index in [9.17, 15) is 9.59 Å². The molecule has 0 atom stereocenters. The molecule has 0 fully saturated rings. The number of ether oxygens (including phenoxy) is 3. The van der Waals surface area contributed by atoms with Crippen LogP contribution in [-0.4, -0.2) is 26.7 Å². The van der Waals surface area contributed by atoms with Gasteiger partial charge in [0.25, 0.3) is 5.91 Å². The van der Waals surface area contributed by atoms with Gasteiger partial charge in [0, 0.05) is 11.3 Å². The Morgan fingerprint density at radius 3 is 2.46 bits per heavy atom. The van der Waals surface area contributed by atoms with E-state index < -0.39 is 5.91 Å². The van der Waals surface area contributed by atoms with Crippen molar-refractivity contribution in [2.45, 2.75) is 26.2 Å². The number of carbonyl (C=O) groups excluding carboxylic acids is 1. The highest BCUT2D eigenvalue weighted by atomic mass is 79.9. The van der Waals surface area contributed by atoms with Crippen molar-refractivity contribution in [2.24, 2.45) is 0 Å². The summed E-state index contributed by atoms with van der Waals surface area (Å²) in [6.45, 7) is 1.78. The molecule has 4 aromatic rings. The number of methoxy groups -OCH3 is 2. The number of rotatable bonds is 10. The van der Waals surface area contributed by atoms with Crippen LogP contribution < -0.4 is 25.0 Å². The maximum atomic E-state index is 13.4. The SMILES string of the molecule is CCCCc1ccc(NC(=O)COc2c(-c3cc(Br)c(OC)c(OC)c3)oc3ccccc3c2=O)cc1. The monoisotopic (exact) mass is 565 g/mol. The van der Waals surface area contributed by atoms with Gasteiger partial charge in [0.05, 0.1) is 24.1 Å². The molecule has 4 rings (SSSR count). The van der Waals surface area contributed by atoms with Gasteiger partial charge >= 0.3 is 0 Å². The van der Waals surface area contributed by atoms with E-state index in [-0.39, 0.29) is 23.5 Å². The number of aryl methyl sites for hydroxylation is 1. The first kappa shape index (κ1) is 26.3. The summed E-state index contributed by atoms with van der Waals surface area (Å²) in [4.78, 5) is 26.1. The van der Waals surface area contributed by atoms with Gasteiger partial charge in [-0.15, -0.1) is 0 Å². The summed E-state index contributed by atoms with van der Waals surface area (Å²) in [5.74, 6) is 0.653. The summed E-state index contributed by atoms with van der Waals surface area (Å²) >= 11 is 3.48. The number of unbranched alkanes of at least 4 members (excludes halogenated alkanes) is 1. The van der Waals surface area contributed by atoms with Crippen molar-refractivity contribution in [1.29, 1.82) is 0 Å². The van der Waals surface area contributed by atoms with E-state index in [0.29, 0.717) is 38.2 Å². The Kier molecular flexibility index (Phi) is 8.50. The first-order valence-corrected chi connectivity index (χ1v) is 12.7. The number of anilines is 1. The number of benzene rings is 3. The number of nitrogens with one attached hydrogen (secondary N) is 1. The first-order chi connectivity index (χ1) is 17.9. The van der Waals surface area contributed by atoms with Crippen molar-refractivity contribution in [2.75, 3.05) is 26.1 Å². The summed E-state index contributed by atoms with van der Waals surface area (Å²) in [5, 5.41) is 3.16. The number of carbonyl (C=O) groups is 1. The van der Waals surface area contributed by atoms with Crippen LogP contribution in [0.25, 0.3) is 22.3 Å². The predicted molar refractivity (Wildman–Crippen MR) is 148 cm³/mol. The second-order valence-electron chi connectivity index (χ2n) is 8.42. The van der Waals surface area contributed by atoms with Gasteiger partial charge in [-0.1, -0.05) is 37.6 Å². The van der Waals surface area contributed by atoms with Crippen LogP contribution in [-0.2, 0) is 11.2 Å². The van der Waals surface area contributed by atoms with Gasteiger partial charge in [0.15, 0.2) is 23.9 Å². The van der Waals surface area contributed by atoms with Crippen LogP contribution in [0.4, 0.5) is 5.69 Å². The molecule has 37 heavy (non-hydrogen) atoms. The zero-order chi connectivity index (χ0) is 26.4. The van der Waals surface area contributed by atoms with Crippen LogP contribution in [0, 0.1) is 0 Å². The molecule has 1 aromatic heterocycles. The van der Waals surface area contributed by atoms with Crippen molar-refractivity contribution < 1.29 is 23.4 Å². The molecule has 0 saturated heterocycles. The molecule has 0 aliphatic heterocycles. The maximum Gasteiger partial charge on any atom is 0.262 e. The third-order valence-electron chi connectivity index (χ3n) is 5.86. The Morgan fingerprint density at radius 2 is 1.76 bits per heavy atom. The molecule has 192 valence electrons. The van der Waals surface area contributed by atoms with E-state index in [1.807, 2.05) is 24.3 Å². The standard InChI is InChI=1S/C29H28BrNO6/c1-4-5-8-18-11-13-20(14-12-18)31-25(32)17-36-29-26(33)21-9-6-7-10-23(21)37-27(29)19-15-22(30)28(35-3)24(16-19)34-2/h6-7,9-16H,4-5,8,17H2,1-3H3,(H,31,32). The molecule has 8 heteroatoms. The van der Waals surface area contributed by atoms with Crippen molar-refractivity contribution in [3.05, 3.63) is 80.9 Å². The van der Waals surface area contributed by atoms with E-state index in [1.54, 1.807) is 36.4 Å². The van der Waals surface area contributed by atoms with Gasteiger partial charge in [0.2, 0.25) is 11.2 Å². The van der Waals surface area contributed by atoms with Gasteiger partial charge < -0.3 is 23.9 Å². The molecule has 1 heterocycles. The molecule has 0 aliphatic carbocycles. The lowest BCUT2D eigenvalue weighted by Crippen LogP contribution is -2.22. The highest BCUT2D eigenvalue weighted by Crippen LogP contribution is 2.41. The lowest BCUT2D eigenvalue weighted by Gasteiger charge is -2.15. The van der Waals surface area contributed by atoms with Gasteiger partial charge in [-0.25, -0.2) is 0 Å². The van der Waals surface area contributed by atoms with Crippen LogP contribution in [0.5, 0.6) is 17.2 Å². The minimum atomic E-state index is -0.395. The highest BCUT2D eigenvalue weighted by molar-refractivity contribution is 9.10. The number of amides is 1. The third-order valence-corrected chi connectivity index (χ3v) is 6.45. The molecule has 0 saturated carbocycles. The number of hydrogen-bond donors (Lipinski definition) is 1. The van der Waals surface area contributed by atoms with E-state index in [0.717, 1.165) is 19.3 Å². The third kappa shape index (κ3) is 5.97. The van der Waals surface area contributed by atoms with Crippen molar-refractivity contribution in [3.8, 4) is 28.6 Å². The average molecular weight is 566 g/mol. The Balaban J connectivity index is 1.64. The number of para-hydroxylation sites is 1. The molecular weight excluding hydrogens is 538 g/mol. The van der Waals surface area contributed by atoms with Crippen molar-refractivity contribution in [1.82, 2.24) is 0 Å². The Morgan fingerprint density at radius 1 is 1.00 bits per heavy atom. The molecule has 7 nitrogen and oxygen atoms in total. The van der Waals surface area contributed by atoms with Crippen LogP contribution in [0.2, 0.25) is 0 Å². The Bertz CT molecular complexity index is 1460. The highest BCUT2D eigenvalue weighted by Gasteiger charge is 2.21. The normalized spacial score (nSPS) is 10.8. The van der Waals surface area contributed by atoms with Gasteiger partial charge in [-0.3, -0.25) is 9.59 Å². The fourth-order valence-electron chi connectivity index (χ4n) is 3.97. The molecule has 0 aliphatic rings. The topological polar surface area (TPSA) is 87.0 Å². The zero-order valence-electron chi connectivity index (χ0n) is 20.9. The van der Waals surface area contributed by atoms with Gasteiger partial charge in [0.1, 0.15) is 5.58 Å². The summed E-state index contributed by atoms with van der Waals surface area (Å²) in [6, 6.07) is 18.0. The lowest BCUT2D eigenvalue weighted by atomic mass is 10.1. The summed E-state index contributed by atoms with van der Waals surface area (Å²) in [6.07, 6.45) is 3.24. The summed E-state index contributed by atoms with van der Waals surface area (Å²) < 4.78 is 23.4. The van der Waals surface area contributed by atoms with E-state index in [2.05, 4.69) is 28.2 Å². The molecule has 3 aromatic carbocycles. The van der Waals surface area contributed by atoms with E-state index in [4.69, 9.17) is 18.6 Å². The maximum absolute atomic E-state index is 13.4. The number of halogens is 1. The van der Waals surface area contributed by atoms with Crippen molar-refractivity contribution >= 4 is 38.5 Å². The fourth-order valence-corrected chi connectivity index (χ4v) is 4.57. The first-order valence-electron chi connectivity index (χ1n) is 11.9. The Hall–Kier alpha value is -3.78. The number of fused-ring (bicyclic) bond motifs is 1. The minimum absolute atomic E-state index is 0.0668. The zero-order valence-corrected chi connectivity index (χ0v) is 22.5. The minimum Gasteiger partial charge on any atom is -0.493 e. The van der Waals surface area contributed by atoms with Crippen LogP contribution >= 0.6 is 15.9 Å². The molecule has 1 amide bonds. The molecular formula is C29H28BrNO6. The second kappa shape index (κ2) is 12.0. The quantitative estimate of drug-likeness (QED) is 0.233. The van der Waals surface area contributed by atoms with E-state index >= 15 is 0 Å². The van der Waals surface area contributed by atoms with Crippen LogP contribution in [0.1, 0.15) is 25.3 Å². The van der Waals surface area contributed by atoms with Crippen molar-refractivity contribution in [3.63, 3.8) is 0 Å². The largest absolute Gasteiger partial charge is 0.493 e. The second-order valence-corrected chi connectivity index (χ2v) is 9.27. The number of hydrogen-bond acceptors (Lipinski definition) is 6. The lowest BCUT2D eigenvalue weighted by molar-refractivity contribution is -0.118. The van der Waals surface area contributed by atoms with Gasteiger partial charge in [-0.05, 0) is 70.7 Å². The molecule has 0 radical (unpaired) electrons. The molecule has 0 unspecified atom stereocenters. The molecule has 0 spiro atoms. The Labute approximate surface area is 223 Å². The van der Waals surface area contributed by atoms with Gasteiger partial charge in [-0.2, -0.15) is 0 Å². The fraction of sp³-hybridized carbons (Fsp3) is 0.241.